The Bertz CT molecular complexity index is 557. The average molecular weight is 258 g/mol. The number of cyclic esters (lactones) is 2. The molecule has 0 fully saturated rings. The maximum atomic E-state index is 13.9. The van der Waals surface area contributed by atoms with Crippen molar-refractivity contribution in [2.24, 2.45) is 0 Å². The Morgan fingerprint density at radius 1 is 0.833 bits per heavy atom. The fourth-order valence-electron chi connectivity index (χ4n) is 2.03. The lowest BCUT2D eigenvalue weighted by Crippen LogP contribution is -2.09. The molecule has 2 aliphatic rings. The van der Waals surface area contributed by atoms with Gasteiger partial charge in [0.05, 0.1) is 11.1 Å². The highest BCUT2D eigenvalue weighted by Gasteiger charge is 2.46. The van der Waals surface area contributed by atoms with Crippen LogP contribution in [0.25, 0.3) is 0 Å². The second kappa shape index (κ2) is 3.24. The molecule has 0 saturated heterocycles. The largest absolute Gasteiger partial charge is 0.428 e. The number of aliphatic hydroxyl groups is 2. The van der Waals surface area contributed by atoms with Crippen LogP contribution in [0.2, 0.25) is 0 Å². The van der Waals surface area contributed by atoms with E-state index in [1.807, 2.05) is 0 Å². The van der Waals surface area contributed by atoms with Gasteiger partial charge in [-0.3, -0.25) is 0 Å². The summed E-state index contributed by atoms with van der Waals surface area (Å²) in [6.45, 7) is 0. The van der Waals surface area contributed by atoms with Gasteiger partial charge < -0.3 is 19.7 Å². The van der Waals surface area contributed by atoms with Gasteiger partial charge in [0.2, 0.25) is 12.6 Å². The summed E-state index contributed by atoms with van der Waals surface area (Å²) in [5.74, 6) is -5.21. The van der Waals surface area contributed by atoms with Crippen LogP contribution in [0, 0.1) is 11.6 Å². The number of fused-ring (bicyclic) bond motifs is 2. The van der Waals surface area contributed by atoms with Gasteiger partial charge in [0, 0.05) is 0 Å². The molecule has 0 aromatic heterocycles. The SMILES string of the molecule is O=C1OC(O)c2c(F)c3c(c(F)c21)C(O)OC3=O. The molecule has 2 aliphatic heterocycles. The number of hydrogen-bond donors (Lipinski definition) is 2. The van der Waals surface area contributed by atoms with Crippen molar-refractivity contribution in [1.82, 2.24) is 0 Å². The van der Waals surface area contributed by atoms with Crippen LogP contribution in [0.1, 0.15) is 44.4 Å². The first-order valence-corrected chi connectivity index (χ1v) is 4.76. The van der Waals surface area contributed by atoms with E-state index in [2.05, 4.69) is 9.47 Å². The van der Waals surface area contributed by atoms with Gasteiger partial charge in [0.25, 0.3) is 0 Å². The lowest BCUT2D eigenvalue weighted by molar-refractivity contribution is -0.0565. The van der Waals surface area contributed by atoms with E-state index < -0.39 is 58.4 Å². The van der Waals surface area contributed by atoms with Gasteiger partial charge in [0.1, 0.15) is 22.8 Å². The van der Waals surface area contributed by atoms with Gasteiger partial charge in [-0.2, -0.15) is 0 Å². The Hall–Kier alpha value is -2.06. The van der Waals surface area contributed by atoms with Crippen molar-refractivity contribution >= 4 is 11.9 Å². The topological polar surface area (TPSA) is 93.1 Å². The van der Waals surface area contributed by atoms with Gasteiger partial charge in [-0.25, -0.2) is 18.4 Å². The van der Waals surface area contributed by atoms with Crippen molar-refractivity contribution in [3.8, 4) is 0 Å². The molecule has 6 nitrogen and oxygen atoms in total. The average Bonchev–Trinajstić information content (AvgIpc) is 2.73. The van der Waals surface area contributed by atoms with Crippen LogP contribution in [-0.4, -0.2) is 22.2 Å². The van der Waals surface area contributed by atoms with Gasteiger partial charge in [-0.15, -0.1) is 0 Å². The highest BCUT2D eigenvalue weighted by Crippen LogP contribution is 2.41. The van der Waals surface area contributed by atoms with E-state index in [4.69, 9.17) is 0 Å². The third kappa shape index (κ3) is 1.11. The normalized spacial score (nSPS) is 24.7. The Morgan fingerprint density at radius 2 is 1.17 bits per heavy atom. The van der Waals surface area contributed by atoms with E-state index in [0.717, 1.165) is 0 Å². The van der Waals surface area contributed by atoms with Crippen molar-refractivity contribution in [2.75, 3.05) is 0 Å². The number of carbonyl (C=O) groups is 2. The molecule has 0 spiro atoms. The number of hydrogen-bond acceptors (Lipinski definition) is 6. The lowest BCUT2D eigenvalue weighted by atomic mass is 9.98. The zero-order chi connectivity index (χ0) is 13.2. The zero-order valence-electron chi connectivity index (χ0n) is 8.44. The Labute approximate surface area is 97.3 Å². The summed E-state index contributed by atoms with van der Waals surface area (Å²) in [4.78, 5) is 22.5. The van der Waals surface area contributed by atoms with Crippen molar-refractivity contribution in [3.63, 3.8) is 0 Å². The maximum absolute atomic E-state index is 13.9. The predicted octanol–water partition coefficient (Wildman–Crippen LogP) is 0.287. The van der Waals surface area contributed by atoms with E-state index in [9.17, 15) is 28.6 Å². The molecule has 0 amide bonds. The van der Waals surface area contributed by atoms with Crippen LogP contribution in [0.15, 0.2) is 0 Å². The first kappa shape index (κ1) is 11.1. The summed E-state index contributed by atoms with van der Waals surface area (Å²) in [5.41, 5.74) is -3.20. The molecule has 8 heteroatoms. The molecule has 1 aromatic rings. The van der Waals surface area contributed by atoms with E-state index in [-0.39, 0.29) is 0 Å². The quantitative estimate of drug-likeness (QED) is 0.649. The monoisotopic (exact) mass is 258 g/mol. The molecule has 0 aliphatic carbocycles. The van der Waals surface area contributed by atoms with Crippen LogP contribution in [-0.2, 0) is 9.47 Å². The second-order valence-electron chi connectivity index (χ2n) is 3.72. The molecule has 0 saturated carbocycles. The first-order valence-electron chi connectivity index (χ1n) is 4.76. The summed E-state index contributed by atoms with van der Waals surface area (Å²) >= 11 is 0. The van der Waals surface area contributed by atoms with Crippen LogP contribution in [0.5, 0.6) is 0 Å². The smallest absolute Gasteiger partial charge is 0.344 e. The summed E-state index contributed by atoms with van der Waals surface area (Å²) in [6.07, 6.45) is -3.98. The van der Waals surface area contributed by atoms with Crippen molar-refractivity contribution in [2.45, 2.75) is 12.6 Å². The van der Waals surface area contributed by atoms with Gasteiger partial charge >= 0.3 is 11.9 Å². The number of esters is 2. The van der Waals surface area contributed by atoms with Crippen molar-refractivity contribution in [1.29, 1.82) is 0 Å². The molecular weight excluding hydrogens is 254 g/mol. The molecular formula is C10H4F2O6. The van der Waals surface area contributed by atoms with E-state index in [1.54, 1.807) is 0 Å². The van der Waals surface area contributed by atoms with Gasteiger partial charge in [-0.05, 0) is 0 Å². The minimum atomic E-state index is -1.99. The number of carbonyl (C=O) groups excluding carboxylic acids is 2. The highest BCUT2D eigenvalue weighted by atomic mass is 19.1. The molecule has 1 aromatic carbocycles. The molecule has 94 valence electrons. The molecule has 3 rings (SSSR count). The molecule has 18 heavy (non-hydrogen) atoms. The fourth-order valence-corrected chi connectivity index (χ4v) is 2.03. The Balaban J connectivity index is 2.43. The number of benzene rings is 1. The van der Waals surface area contributed by atoms with Crippen molar-refractivity contribution < 1.29 is 38.1 Å². The predicted molar refractivity (Wildman–Crippen MR) is 47.1 cm³/mol. The van der Waals surface area contributed by atoms with Crippen LogP contribution < -0.4 is 0 Å². The zero-order valence-corrected chi connectivity index (χ0v) is 8.44. The highest BCUT2D eigenvalue weighted by molar-refractivity contribution is 6.00. The number of ether oxygens (including phenoxy) is 2. The molecule has 0 radical (unpaired) electrons. The van der Waals surface area contributed by atoms with Crippen LogP contribution in [0.4, 0.5) is 8.78 Å². The van der Waals surface area contributed by atoms with Crippen LogP contribution >= 0.6 is 0 Å². The second-order valence-corrected chi connectivity index (χ2v) is 3.72. The summed E-state index contributed by atoms with van der Waals surface area (Å²) in [5, 5.41) is 18.6. The molecule has 2 N–H and O–H groups in total. The lowest BCUT2D eigenvalue weighted by Gasteiger charge is -2.07. The fraction of sp³-hybridized carbons (Fsp3) is 0.200. The third-order valence-electron chi connectivity index (χ3n) is 2.79. The maximum Gasteiger partial charge on any atom is 0.344 e. The first-order chi connectivity index (χ1) is 8.43. The van der Waals surface area contributed by atoms with Gasteiger partial charge in [0.15, 0.2) is 0 Å². The van der Waals surface area contributed by atoms with Crippen molar-refractivity contribution in [3.05, 3.63) is 33.9 Å². The molecule has 2 unspecified atom stereocenters. The molecule has 2 atom stereocenters. The minimum absolute atomic E-state index is 0.762. The molecule has 0 bridgehead atoms. The minimum Gasteiger partial charge on any atom is -0.428 e. The van der Waals surface area contributed by atoms with E-state index in [1.165, 1.54) is 0 Å². The summed E-state index contributed by atoms with van der Waals surface area (Å²) in [7, 11) is 0. The van der Waals surface area contributed by atoms with Crippen LogP contribution in [0.3, 0.4) is 0 Å². The number of rotatable bonds is 0. The summed E-state index contributed by atoms with van der Waals surface area (Å²) < 4.78 is 36.4. The number of halogens is 2. The molecule has 2 heterocycles. The standard InChI is InChI=1S/C10H4F2O6/c11-5-1-2(8(14)17-7(1)13)6(12)4-3(5)9(15)18-10(4)16/h7,10,13,16H. The van der Waals surface area contributed by atoms with Gasteiger partial charge in [-0.1, -0.05) is 0 Å². The third-order valence-corrected chi connectivity index (χ3v) is 2.79. The summed E-state index contributed by atoms with van der Waals surface area (Å²) in [6, 6.07) is 0. The Morgan fingerprint density at radius 3 is 1.50 bits per heavy atom. The van der Waals surface area contributed by atoms with E-state index in [0.29, 0.717) is 0 Å². The number of aliphatic hydroxyl groups excluding tert-OH is 2. The Kier molecular flexibility index (Phi) is 1.99. The van der Waals surface area contributed by atoms with E-state index >= 15 is 0 Å².